The van der Waals surface area contributed by atoms with E-state index in [9.17, 15) is 18.0 Å². The predicted octanol–water partition coefficient (Wildman–Crippen LogP) is 4.58. The lowest BCUT2D eigenvalue weighted by Gasteiger charge is -2.14. The fraction of sp³-hybridized carbons (Fsp3) is 0.214. The molecule has 0 unspecified atom stereocenters. The van der Waals surface area contributed by atoms with Gasteiger partial charge in [-0.25, -0.2) is 0 Å². The Morgan fingerprint density at radius 2 is 1.85 bits per heavy atom. The lowest BCUT2D eigenvalue weighted by molar-refractivity contribution is -0.137. The molecular weight excluding hydrogens is 291 g/mol. The van der Waals surface area contributed by atoms with E-state index < -0.39 is 11.7 Å². The van der Waals surface area contributed by atoms with Crippen molar-refractivity contribution in [2.24, 2.45) is 0 Å². The van der Waals surface area contributed by atoms with Gasteiger partial charge in [-0.15, -0.1) is 0 Å². The van der Waals surface area contributed by atoms with Crippen LogP contribution in [0.15, 0.2) is 24.3 Å². The maximum Gasteiger partial charge on any atom is 0.417 e. The third kappa shape index (κ3) is 2.45. The summed E-state index contributed by atoms with van der Waals surface area (Å²) < 4.78 is 40.2. The maximum atomic E-state index is 12.9. The first-order chi connectivity index (χ1) is 9.25. The highest BCUT2D eigenvalue weighted by atomic mass is 35.5. The van der Waals surface area contributed by atoms with Gasteiger partial charge in [0.1, 0.15) is 0 Å². The summed E-state index contributed by atoms with van der Waals surface area (Å²) in [6, 6.07) is 5.31. The molecule has 1 heterocycles. The Bertz CT molecular complexity index is 674. The monoisotopic (exact) mass is 301 g/mol. The Morgan fingerprint density at radius 3 is 2.35 bits per heavy atom. The van der Waals surface area contributed by atoms with Crippen molar-refractivity contribution in [3.63, 3.8) is 0 Å². The first-order valence-corrected chi connectivity index (χ1v) is 6.14. The number of carbonyl (C=O) groups excluding carboxylic acids is 1. The first kappa shape index (κ1) is 14.7. The van der Waals surface area contributed by atoms with Crippen LogP contribution in [0.25, 0.3) is 5.69 Å². The van der Waals surface area contributed by atoms with Crippen LogP contribution in [0, 0.1) is 13.8 Å². The van der Waals surface area contributed by atoms with Crippen LogP contribution in [-0.2, 0) is 6.18 Å². The smallest absolute Gasteiger partial charge is 0.318 e. The molecule has 0 aliphatic carbocycles. The van der Waals surface area contributed by atoms with E-state index >= 15 is 0 Å². The highest BCUT2D eigenvalue weighted by Crippen LogP contribution is 2.36. The van der Waals surface area contributed by atoms with E-state index in [1.165, 1.54) is 12.1 Å². The largest absolute Gasteiger partial charge is 0.417 e. The Kier molecular flexibility index (Phi) is 3.65. The molecule has 0 saturated carbocycles. The number of hydrogen-bond donors (Lipinski definition) is 0. The van der Waals surface area contributed by atoms with E-state index in [1.807, 2.05) is 0 Å². The molecule has 0 atom stereocenters. The van der Waals surface area contributed by atoms with Crippen molar-refractivity contribution in [1.29, 1.82) is 0 Å². The predicted molar refractivity (Wildman–Crippen MR) is 70.6 cm³/mol. The van der Waals surface area contributed by atoms with Crippen molar-refractivity contribution in [1.82, 2.24) is 4.57 Å². The molecule has 2 aromatic rings. The number of hydrogen-bond acceptors (Lipinski definition) is 1. The van der Waals surface area contributed by atoms with Gasteiger partial charge in [0.05, 0.1) is 10.6 Å². The van der Waals surface area contributed by atoms with Crippen molar-refractivity contribution in [3.05, 3.63) is 51.8 Å². The summed E-state index contributed by atoms with van der Waals surface area (Å²) in [7, 11) is 0. The van der Waals surface area contributed by atoms with Crippen LogP contribution in [0.1, 0.15) is 27.3 Å². The van der Waals surface area contributed by atoms with Crippen molar-refractivity contribution in [3.8, 4) is 5.69 Å². The number of rotatable bonds is 2. The SMILES string of the molecule is Cc1cc(C=O)c(C)n1-c1ccc(Cl)c(C(F)(F)F)c1. The van der Waals surface area contributed by atoms with Crippen LogP contribution in [0.5, 0.6) is 0 Å². The van der Waals surface area contributed by atoms with Crippen LogP contribution >= 0.6 is 11.6 Å². The fourth-order valence-corrected chi connectivity index (χ4v) is 2.40. The number of aryl methyl sites for hydroxylation is 1. The van der Waals surface area contributed by atoms with Gasteiger partial charge in [0.2, 0.25) is 0 Å². The maximum absolute atomic E-state index is 12.9. The molecule has 0 N–H and O–H groups in total. The van der Waals surface area contributed by atoms with Crippen LogP contribution < -0.4 is 0 Å². The Labute approximate surface area is 118 Å². The normalized spacial score (nSPS) is 11.7. The number of aromatic nitrogens is 1. The number of benzene rings is 1. The molecule has 0 saturated heterocycles. The average Bonchev–Trinajstić information content (AvgIpc) is 2.64. The van der Waals surface area contributed by atoms with Crippen molar-refractivity contribution < 1.29 is 18.0 Å². The van der Waals surface area contributed by atoms with Gasteiger partial charge in [0.15, 0.2) is 6.29 Å². The molecule has 1 aromatic heterocycles. The molecule has 20 heavy (non-hydrogen) atoms. The van der Waals surface area contributed by atoms with Gasteiger partial charge in [0.25, 0.3) is 0 Å². The van der Waals surface area contributed by atoms with E-state index in [0.29, 0.717) is 28.9 Å². The molecule has 0 fully saturated rings. The summed E-state index contributed by atoms with van der Waals surface area (Å²) >= 11 is 5.59. The second-order valence-electron chi connectivity index (χ2n) is 4.44. The molecule has 0 aliphatic heterocycles. The van der Waals surface area contributed by atoms with Crippen LogP contribution in [-0.4, -0.2) is 10.9 Å². The van der Waals surface area contributed by atoms with Crippen LogP contribution in [0.3, 0.4) is 0 Å². The molecule has 0 spiro atoms. The van der Waals surface area contributed by atoms with Crippen molar-refractivity contribution in [2.45, 2.75) is 20.0 Å². The Balaban J connectivity index is 2.66. The standard InChI is InChI=1S/C14H11ClF3NO/c1-8-5-10(7-20)9(2)19(8)11-3-4-13(15)12(6-11)14(16,17)18/h3-7H,1-2H3. The van der Waals surface area contributed by atoms with Gasteiger partial charge < -0.3 is 4.57 Å². The second kappa shape index (κ2) is 4.98. The fourth-order valence-electron chi connectivity index (χ4n) is 2.17. The summed E-state index contributed by atoms with van der Waals surface area (Å²) in [5.74, 6) is 0. The molecule has 2 rings (SSSR count). The van der Waals surface area contributed by atoms with Gasteiger partial charge in [-0.1, -0.05) is 11.6 Å². The van der Waals surface area contributed by atoms with E-state index in [-0.39, 0.29) is 5.02 Å². The molecule has 0 bridgehead atoms. The van der Waals surface area contributed by atoms with Gasteiger partial charge in [0, 0.05) is 22.6 Å². The number of aldehydes is 1. The molecule has 0 amide bonds. The topological polar surface area (TPSA) is 22.0 Å². The highest BCUT2D eigenvalue weighted by molar-refractivity contribution is 6.31. The molecule has 0 aliphatic rings. The number of nitrogens with zero attached hydrogens (tertiary/aromatic N) is 1. The summed E-state index contributed by atoms with van der Waals surface area (Å²) in [4.78, 5) is 10.9. The molecule has 1 aromatic carbocycles. The summed E-state index contributed by atoms with van der Waals surface area (Å²) in [6.45, 7) is 3.40. The van der Waals surface area contributed by atoms with E-state index in [4.69, 9.17) is 11.6 Å². The first-order valence-electron chi connectivity index (χ1n) is 5.77. The van der Waals surface area contributed by atoms with Crippen LogP contribution in [0.2, 0.25) is 5.02 Å². The Hall–Kier alpha value is -1.75. The van der Waals surface area contributed by atoms with Crippen molar-refractivity contribution >= 4 is 17.9 Å². The lowest BCUT2D eigenvalue weighted by atomic mass is 10.2. The minimum absolute atomic E-state index is 0.324. The van der Waals surface area contributed by atoms with Gasteiger partial charge in [-0.05, 0) is 38.1 Å². The van der Waals surface area contributed by atoms with Gasteiger partial charge >= 0.3 is 6.18 Å². The Morgan fingerprint density at radius 1 is 1.20 bits per heavy atom. The molecule has 0 radical (unpaired) electrons. The summed E-state index contributed by atoms with van der Waals surface area (Å²) in [5.41, 5.74) is 1.15. The minimum Gasteiger partial charge on any atom is -0.318 e. The van der Waals surface area contributed by atoms with E-state index in [1.54, 1.807) is 24.5 Å². The summed E-state index contributed by atoms with van der Waals surface area (Å²) in [5, 5.41) is -0.348. The number of alkyl halides is 3. The van der Waals surface area contributed by atoms with Crippen molar-refractivity contribution in [2.75, 3.05) is 0 Å². The molecule has 106 valence electrons. The quantitative estimate of drug-likeness (QED) is 0.744. The van der Waals surface area contributed by atoms with E-state index in [0.717, 1.165) is 6.07 Å². The van der Waals surface area contributed by atoms with Gasteiger partial charge in [-0.2, -0.15) is 13.2 Å². The molecule has 2 nitrogen and oxygen atoms in total. The molecule has 6 heteroatoms. The zero-order chi connectivity index (χ0) is 15.1. The third-order valence-electron chi connectivity index (χ3n) is 3.11. The molecular formula is C14H11ClF3NO. The zero-order valence-electron chi connectivity index (χ0n) is 10.8. The highest BCUT2D eigenvalue weighted by Gasteiger charge is 2.33. The number of halogens is 4. The average molecular weight is 302 g/mol. The minimum atomic E-state index is -4.52. The van der Waals surface area contributed by atoms with Crippen LogP contribution in [0.4, 0.5) is 13.2 Å². The lowest BCUT2D eigenvalue weighted by Crippen LogP contribution is -2.08. The summed E-state index contributed by atoms with van der Waals surface area (Å²) in [6.07, 6.45) is -3.84. The zero-order valence-corrected chi connectivity index (χ0v) is 11.5. The number of carbonyl (C=O) groups is 1. The second-order valence-corrected chi connectivity index (χ2v) is 4.85. The third-order valence-corrected chi connectivity index (χ3v) is 3.44. The van der Waals surface area contributed by atoms with E-state index in [2.05, 4.69) is 0 Å². The van der Waals surface area contributed by atoms with Gasteiger partial charge in [-0.3, -0.25) is 4.79 Å².